The molecule has 2 saturated heterocycles. The van der Waals surface area contributed by atoms with E-state index in [4.69, 9.17) is 18.9 Å². The summed E-state index contributed by atoms with van der Waals surface area (Å²) >= 11 is 0. The molecule has 2 atom stereocenters. The predicted octanol–water partition coefficient (Wildman–Crippen LogP) is 0.534. The number of hydrogen-bond acceptors (Lipinski definition) is 6. The maximum Gasteiger partial charge on any atom is 0.320 e. The van der Waals surface area contributed by atoms with Gasteiger partial charge in [0.1, 0.15) is 6.10 Å². The van der Waals surface area contributed by atoms with Gasteiger partial charge in [0, 0.05) is 11.8 Å². The van der Waals surface area contributed by atoms with Crippen molar-refractivity contribution in [2.75, 3.05) is 33.0 Å². The molecule has 6 heteroatoms. The van der Waals surface area contributed by atoms with Crippen LogP contribution in [-0.2, 0) is 28.5 Å². The first kappa shape index (κ1) is 14.3. The molecule has 0 spiro atoms. The van der Waals surface area contributed by atoms with Gasteiger partial charge in [-0.2, -0.15) is 0 Å². The van der Waals surface area contributed by atoms with Crippen LogP contribution in [0.1, 0.15) is 20.3 Å². The van der Waals surface area contributed by atoms with Crippen molar-refractivity contribution < 1.29 is 28.5 Å². The molecular weight excluding hydrogens is 252 g/mol. The molecule has 0 saturated carbocycles. The van der Waals surface area contributed by atoms with E-state index in [1.54, 1.807) is 6.92 Å². The van der Waals surface area contributed by atoms with E-state index < -0.39 is 17.9 Å². The van der Waals surface area contributed by atoms with Crippen molar-refractivity contribution in [1.29, 1.82) is 0 Å². The van der Waals surface area contributed by atoms with Crippen LogP contribution in [0.2, 0.25) is 0 Å². The van der Waals surface area contributed by atoms with Gasteiger partial charge in [0.25, 0.3) is 0 Å². The fraction of sp³-hybridized carbons (Fsp3) is 0.846. The normalized spacial score (nSPS) is 28.6. The number of carbonyl (C=O) groups excluding carboxylic acids is 2. The standard InChI is InChI=1S/C13H20O6/c1-3-18-11(14)10-4-9(19-12(10)15)5-16-6-13(2)7-17-8-13/h9-10H,3-8H2,1-2H3. The number of cyclic esters (lactones) is 1. The van der Waals surface area contributed by atoms with Gasteiger partial charge in [0.2, 0.25) is 0 Å². The van der Waals surface area contributed by atoms with Gasteiger partial charge in [0.05, 0.1) is 33.0 Å². The lowest BCUT2D eigenvalue weighted by atomic mass is 9.90. The van der Waals surface area contributed by atoms with E-state index in [0.717, 1.165) is 0 Å². The van der Waals surface area contributed by atoms with Crippen LogP contribution in [0, 0.1) is 11.3 Å². The molecule has 0 bridgehead atoms. The summed E-state index contributed by atoms with van der Waals surface area (Å²) in [5.74, 6) is -1.81. The van der Waals surface area contributed by atoms with Crippen LogP contribution < -0.4 is 0 Å². The number of rotatable bonds is 6. The fourth-order valence-electron chi connectivity index (χ4n) is 2.16. The summed E-state index contributed by atoms with van der Waals surface area (Å²) in [5.41, 5.74) is 0.0726. The van der Waals surface area contributed by atoms with Gasteiger partial charge in [-0.25, -0.2) is 0 Å². The van der Waals surface area contributed by atoms with E-state index in [0.29, 0.717) is 32.8 Å². The maximum absolute atomic E-state index is 11.5. The molecule has 6 nitrogen and oxygen atoms in total. The third-order valence-corrected chi connectivity index (χ3v) is 3.29. The van der Waals surface area contributed by atoms with E-state index >= 15 is 0 Å². The van der Waals surface area contributed by atoms with Crippen molar-refractivity contribution in [3.8, 4) is 0 Å². The lowest BCUT2D eigenvalue weighted by molar-refractivity contribution is -0.159. The number of ether oxygens (including phenoxy) is 4. The molecule has 2 fully saturated rings. The SMILES string of the molecule is CCOC(=O)C1CC(COCC2(C)COC2)OC1=O. The first-order valence-corrected chi connectivity index (χ1v) is 6.57. The molecule has 0 aliphatic carbocycles. The zero-order valence-corrected chi connectivity index (χ0v) is 11.3. The topological polar surface area (TPSA) is 71.1 Å². The highest BCUT2D eigenvalue weighted by Gasteiger charge is 2.41. The van der Waals surface area contributed by atoms with Crippen LogP contribution in [0.3, 0.4) is 0 Å². The Labute approximate surface area is 112 Å². The summed E-state index contributed by atoms with van der Waals surface area (Å²) in [6.45, 7) is 6.34. The third kappa shape index (κ3) is 3.45. The second kappa shape index (κ2) is 5.88. The van der Waals surface area contributed by atoms with Gasteiger partial charge < -0.3 is 18.9 Å². The summed E-state index contributed by atoms with van der Waals surface area (Å²) in [6.07, 6.45) is -0.0169. The second-order valence-electron chi connectivity index (χ2n) is 5.42. The summed E-state index contributed by atoms with van der Waals surface area (Å²) in [7, 11) is 0. The number of hydrogen-bond donors (Lipinski definition) is 0. The summed E-state index contributed by atoms with van der Waals surface area (Å²) < 4.78 is 20.6. The van der Waals surface area contributed by atoms with E-state index in [-0.39, 0.29) is 18.1 Å². The van der Waals surface area contributed by atoms with Crippen LogP contribution in [0.5, 0.6) is 0 Å². The zero-order valence-electron chi connectivity index (χ0n) is 11.3. The van der Waals surface area contributed by atoms with Gasteiger partial charge in [-0.3, -0.25) is 9.59 Å². The van der Waals surface area contributed by atoms with Crippen LogP contribution in [0.25, 0.3) is 0 Å². The van der Waals surface area contributed by atoms with Crippen LogP contribution >= 0.6 is 0 Å². The minimum Gasteiger partial charge on any atom is -0.465 e. The van der Waals surface area contributed by atoms with E-state index in [2.05, 4.69) is 6.92 Å². The van der Waals surface area contributed by atoms with E-state index in [1.807, 2.05) is 0 Å². The maximum atomic E-state index is 11.5. The molecular formula is C13H20O6. The number of carbonyl (C=O) groups is 2. The lowest BCUT2D eigenvalue weighted by Gasteiger charge is -2.37. The molecule has 2 aliphatic heterocycles. The van der Waals surface area contributed by atoms with Crippen LogP contribution in [0.4, 0.5) is 0 Å². The second-order valence-corrected chi connectivity index (χ2v) is 5.42. The molecule has 2 aliphatic rings. The van der Waals surface area contributed by atoms with Crippen molar-refractivity contribution in [3.05, 3.63) is 0 Å². The number of esters is 2. The zero-order chi connectivity index (χ0) is 13.9. The molecule has 108 valence electrons. The Morgan fingerprint density at radius 3 is 2.79 bits per heavy atom. The highest BCUT2D eigenvalue weighted by molar-refractivity contribution is 5.96. The molecule has 0 aromatic rings. The fourth-order valence-corrected chi connectivity index (χ4v) is 2.16. The largest absolute Gasteiger partial charge is 0.465 e. The Bertz CT molecular complexity index is 349. The Balaban J connectivity index is 1.71. The van der Waals surface area contributed by atoms with Crippen molar-refractivity contribution >= 4 is 11.9 Å². The molecule has 19 heavy (non-hydrogen) atoms. The van der Waals surface area contributed by atoms with Crippen molar-refractivity contribution in [1.82, 2.24) is 0 Å². The first-order valence-electron chi connectivity index (χ1n) is 6.57. The van der Waals surface area contributed by atoms with E-state index in [1.165, 1.54) is 0 Å². The average molecular weight is 272 g/mol. The summed E-state index contributed by atoms with van der Waals surface area (Å²) in [5, 5.41) is 0. The molecule has 2 rings (SSSR count). The third-order valence-electron chi connectivity index (χ3n) is 3.29. The average Bonchev–Trinajstić information content (AvgIpc) is 2.69. The Kier molecular flexibility index (Phi) is 4.42. The van der Waals surface area contributed by atoms with Crippen LogP contribution in [0.15, 0.2) is 0 Å². The Morgan fingerprint density at radius 1 is 1.47 bits per heavy atom. The lowest BCUT2D eigenvalue weighted by Crippen LogP contribution is -2.44. The first-order chi connectivity index (χ1) is 9.04. The van der Waals surface area contributed by atoms with Crippen molar-refractivity contribution in [2.24, 2.45) is 11.3 Å². The van der Waals surface area contributed by atoms with Gasteiger partial charge in [0.15, 0.2) is 5.92 Å². The molecule has 0 radical (unpaired) electrons. The Hall–Kier alpha value is -1.14. The Morgan fingerprint density at radius 2 is 2.21 bits per heavy atom. The van der Waals surface area contributed by atoms with Crippen molar-refractivity contribution in [2.45, 2.75) is 26.4 Å². The minimum atomic E-state index is -0.795. The highest BCUT2D eigenvalue weighted by Crippen LogP contribution is 2.28. The molecule has 0 amide bonds. The quantitative estimate of drug-likeness (QED) is 0.519. The van der Waals surface area contributed by atoms with Gasteiger partial charge >= 0.3 is 11.9 Å². The molecule has 0 N–H and O–H groups in total. The van der Waals surface area contributed by atoms with Gasteiger partial charge in [-0.15, -0.1) is 0 Å². The molecule has 0 aromatic heterocycles. The summed E-state index contributed by atoms with van der Waals surface area (Å²) in [6, 6.07) is 0. The molecule has 0 aromatic carbocycles. The predicted molar refractivity (Wildman–Crippen MR) is 64.4 cm³/mol. The van der Waals surface area contributed by atoms with Crippen molar-refractivity contribution in [3.63, 3.8) is 0 Å². The van der Waals surface area contributed by atoms with Gasteiger partial charge in [-0.1, -0.05) is 6.92 Å². The van der Waals surface area contributed by atoms with Crippen LogP contribution in [-0.4, -0.2) is 51.1 Å². The summed E-state index contributed by atoms with van der Waals surface area (Å²) in [4.78, 5) is 23.0. The van der Waals surface area contributed by atoms with E-state index in [9.17, 15) is 9.59 Å². The monoisotopic (exact) mass is 272 g/mol. The van der Waals surface area contributed by atoms with Gasteiger partial charge in [-0.05, 0) is 6.92 Å². The smallest absolute Gasteiger partial charge is 0.320 e. The molecule has 2 unspecified atom stereocenters. The highest BCUT2D eigenvalue weighted by atomic mass is 16.6. The molecule has 2 heterocycles. The minimum absolute atomic E-state index is 0.0726.